The Kier molecular flexibility index (Phi) is 6.07. The predicted molar refractivity (Wildman–Crippen MR) is 110 cm³/mol. The van der Waals surface area contributed by atoms with Gasteiger partial charge in [-0.1, -0.05) is 19.3 Å². The number of nitriles is 1. The van der Waals surface area contributed by atoms with Crippen LogP contribution in [0.5, 0.6) is 5.75 Å². The van der Waals surface area contributed by atoms with Crippen molar-refractivity contribution in [3.05, 3.63) is 29.3 Å². The van der Waals surface area contributed by atoms with Crippen LogP contribution in [-0.4, -0.2) is 62.7 Å². The van der Waals surface area contributed by atoms with E-state index in [1.807, 2.05) is 7.05 Å². The highest BCUT2D eigenvalue weighted by Gasteiger charge is 2.40. The highest BCUT2D eigenvalue weighted by atomic mass is 16.5. The Labute approximate surface area is 174 Å². The molecule has 29 heavy (non-hydrogen) atoms. The molecule has 0 radical (unpaired) electrons. The lowest BCUT2D eigenvalue weighted by Crippen LogP contribution is -3.28. The standard InChI is InChI=1S/C23H32N4O2/c1-25(23(18-24)8-3-2-4-9-23)22(28)17-27-12-10-26(11-13-27)16-19-5-6-21-20(15-19)7-14-29-21/h5-6,15H,2-4,7-14,16-17H2,1H3/p+2. The summed E-state index contributed by atoms with van der Waals surface area (Å²) in [6, 6.07) is 9.08. The van der Waals surface area contributed by atoms with Crippen LogP contribution >= 0.6 is 0 Å². The van der Waals surface area contributed by atoms with Gasteiger partial charge >= 0.3 is 0 Å². The van der Waals surface area contributed by atoms with Crippen molar-refractivity contribution in [1.29, 1.82) is 5.26 Å². The predicted octanol–water partition coefficient (Wildman–Crippen LogP) is -0.410. The van der Waals surface area contributed by atoms with Gasteiger partial charge in [0.1, 0.15) is 44.0 Å². The van der Waals surface area contributed by atoms with Gasteiger partial charge in [-0.15, -0.1) is 0 Å². The van der Waals surface area contributed by atoms with E-state index in [0.29, 0.717) is 6.54 Å². The van der Waals surface area contributed by atoms with Crippen LogP contribution in [0.1, 0.15) is 43.2 Å². The molecule has 1 saturated heterocycles. The average molecular weight is 399 g/mol. The van der Waals surface area contributed by atoms with Crippen molar-refractivity contribution < 1.29 is 19.3 Å². The van der Waals surface area contributed by atoms with Crippen LogP contribution in [0.2, 0.25) is 0 Å². The number of nitrogens with zero attached hydrogens (tertiary/aromatic N) is 2. The lowest BCUT2D eigenvalue weighted by molar-refractivity contribution is -1.02. The number of piperazine rings is 1. The summed E-state index contributed by atoms with van der Waals surface area (Å²) in [5.41, 5.74) is 2.16. The molecule has 0 aromatic heterocycles. The summed E-state index contributed by atoms with van der Waals surface area (Å²) in [6.45, 7) is 6.58. The first-order chi connectivity index (χ1) is 14.1. The third-order valence-electron chi connectivity index (χ3n) is 7.18. The second-order valence-corrected chi connectivity index (χ2v) is 9.05. The van der Waals surface area contributed by atoms with Crippen LogP contribution in [0, 0.1) is 11.3 Å². The lowest BCUT2D eigenvalue weighted by Gasteiger charge is -2.39. The molecule has 3 aliphatic rings. The van der Waals surface area contributed by atoms with Gasteiger partial charge in [-0.05, 0) is 36.6 Å². The molecule has 6 nitrogen and oxygen atoms in total. The van der Waals surface area contributed by atoms with Crippen molar-refractivity contribution in [1.82, 2.24) is 4.90 Å². The fourth-order valence-electron chi connectivity index (χ4n) is 5.18. The molecule has 1 saturated carbocycles. The minimum atomic E-state index is -0.570. The summed E-state index contributed by atoms with van der Waals surface area (Å²) in [5, 5.41) is 9.74. The van der Waals surface area contributed by atoms with Gasteiger partial charge < -0.3 is 19.4 Å². The summed E-state index contributed by atoms with van der Waals surface area (Å²) >= 11 is 0. The first-order valence-electron chi connectivity index (χ1n) is 11.2. The number of fused-ring (bicyclic) bond motifs is 1. The molecule has 1 aliphatic carbocycles. The van der Waals surface area contributed by atoms with E-state index in [1.165, 1.54) is 22.4 Å². The number of nitrogens with one attached hydrogen (secondary N) is 2. The van der Waals surface area contributed by atoms with Crippen molar-refractivity contribution in [3.63, 3.8) is 0 Å². The van der Waals surface area contributed by atoms with Crippen LogP contribution in [0.25, 0.3) is 0 Å². The monoisotopic (exact) mass is 398 g/mol. The van der Waals surface area contributed by atoms with Crippen LogP contribution in [0.4, 0.5) is 0 Å². The molecule has 0 unspecified atom stereocenters. The molecule has 0 spiro atoms. The molecule has 2 N–H and O–H groups in total. The number of benzene rings is 1. The smallest absolute Gasteiger partial charge is 0.278 e. The molecule has 4 rings (SSSR count). The summed E-state index contributed by atoms with van der Waals surface area (Å²) in [4.78, 5) is 17.6. The minimum Gasteiger partial charge on any atom is -0.493 e. The second-order valence-electron chi connectivity index (χ2n) is 9.05. The van der Waals surface area contributed by atoms with E-state index in [4.69, 9.17) is 4.74 Å². The molecule has 2 fully saturated rings. The first-order valence-corrected chi connectivity index (χ1v) is 11.2. The number of ether oxygens (including phenoxy) is 1. The van der Waals surface area contributed by atoms with E-state index in [9.17, 15) is 10.1 Å². The molecule has 1 aromatic rings. The highest BCUT2D eigenvalue weighted by molar-refractivity contribution is 5.78. The van der Waals surface area contributed by atoms with Crippen molar-refractivity contribution >= 4 is 5.91 Å². The number of quaternary nitrogens is 2. The minimum absolute atomic E-state index is 0.130. The molecule has 156 valence electrons. The highest BCUT2D eigenvalue weighted by Crippen LogP contribution is 2.32. The van der Waals surface area contributed by atoms with Gasteiger partial charge in [0.2, 0.25) is 0 Å². The zero-order chi connectivity index (χ0) is 20.3. The van der Waals surface area contributed by atoms with Crippen LogP contribution in [0.3, 0.4) is 0 Å². The third-order valence-corrected chi connectivity index (χ3v) is 7.18. The number of amides is 1. The molecular weight excluding hydrogens is 364 g/mol. The Morgan fingerprint density at radius 1 is 1.17 bits per heavy atom. The molecule has 2 aliphatic heterocycles. The third kappa shape index (κ3) is 4.41. The topological polar surface area (TPSA) is 62.2 Å². The zero-order valence-electron chi connectivity index (χ0n) is 17.6. The second kappa shape index (κ2) is 8.73. The summed E-state index contributed by atoms with van der Waals surface area (Å²) in [5.74, 6) is 1.18. The maximum atomic E-state index is 12.9. The summed E-state index contributed by atoms with van der Waals surface area (Å²) in [7, 11) is 1.84. The number of rotatable bonds is 5. The van der Waals surface area contributed by atoms with Crippen LogP contribution in [-0.2, 0) is 17.8 Å². The maximum Gasteiger partial charge on any atom is 0.278 e. The van der Waals surface area contributed by atoms with Gasteiger partial charge in [0.05, 0.1) is 12.7 Å². The average Bonchev–Trinajstić information content (AvgIpc) is 3.23. The Hall–Kier alpha value is -2.10. The maximum absolute atomic E-state index is 12.9. The quantitative estimate of drug-likeness (QED) is 0.709. The fourth-order valence-corrected chi connectivity index (χ4v) is 5.18. The van der Waals surface area contributed by atoms with Crippen LogP contribution < -0.4 is 14.5 Å². The van der Waals surface area contributed by atoms with Gasteiger partial charge in [0, 0.05) is 19.0 Å². The molecule has 0 bridgehead atoms. The number of hydrogen-bond donors (Lipinski definition) is 2. The molecule has 2 heterocycles. The molecule has 0 atom stereocenters. The van der Waals surface area contributed by atoms with E-state index in [-0.39, 0.29) is 5.91 Å². The van der Waals surface area contributed by atoms with Gasteiger partial charge in [0.25, 0.3) is 5.91 Å². The van der Waals surface area contributed by atoms with Crippen molar-refractivity contribution in [2.75, 3.05) is 46.4 Å². The number of likely N-dealkylation sites (N-methyl/N-ethyl adjacent to an activating group) is 1. The molecule has 6 heteroatoms. The Morgan fingerprint density at radius 2 is 1.90 bits per heavy atom. The van der Waals surface area contributed by atoms with Crippen molar-refractivity contribution in [3.8, 4) is 11.8 Å². The van der Waals surface area contributed by atoms with Gasteiger partial charge in [0.15, 0.2) is 6.54 Å². The normalized spacial score (nSPS) is 25.5. The molecule has 1 aromatic carbocycles. The van der Waals surface area contributed by atoms with Gasteiger partial charge in [-0.25, -0.2) is 0 Å². The van der Waals surface area contributed by atoms with Gasteiger partial charge in [-0.3, -0.25) is 4.79 Å². The first kappa shape index (κ1) is 20.2. The number of hydrogen-bond acceptors (Lipinski definition) is 3. The van der Waals surface area contributed by atoms with E-state index in [2.05, 4.69) is 24.3 Å². The Morgan fingerprint density at radius 3 is 2.62 bits per heavy atom. The van der Waals surface area contributed by atoms with E-state index < -0.39 is 5.54 Å². The van der Waals surface area contributed by atoms with E-state index >= 15 is 0 Å². The summed E-state index contributed by atoms with van der Waals surface area (Å²) in [6.07, 6.45) is 5.95. The number of carbonyl (C=O) groups excluding carboxylic acids is 1. The molecule has 1 amide bonds. The Balaban J connectivity index is 1.26. The zero-order valence-corrected chi connectivity index (χ0v) is 17.6. The lowest BCUT2D eigenvalue weighted by atomic mass is 9.81. The van der Waals surface area contributed by atoms with Crippen LogP contribution in [0.15, 0.2) is 18.2 Å². The Bertz CT molecular complexity index is 774. The number of carbonyl (C=O) groups is 1. The van der Waals surface area contributed by atoms with Crippen molar-refractivity contribution in [2.45, 2.75) is 50.6 Å². The largest absolute Gasteiger partial charge is 0.493 e. The SMILES string of the molecule is CN(C(=O)C[NH+]1CC[NH+](Cc2ccc3c(c2)CCO3)CC1)C1(C#N)CCCCC1. The van der Waals surface area contributed by atoms with E-state index in [0.717, 1.165) is 77.2 Å². The van der Waals surface area contributed by atoms with Gasteiger partial charge in [-0.2, -0.15) is 5.26 Å². The van der Waals surface area contributed by atoms with Crippen molar-refractivity contribution in [2.24, 2.45) is 0 Å². The van der Waals surface area contributed by atoms with E-state index in [1.54, 1.807) is 9.80 Å². The summed E-state index contributed by atoms with van der Waals surface area (Å²) < 4.78 is 5.61. The fraction of sp³-hybridized carbons (Fsp3) is 0.652. The molecular formula is C23H34N4O2+2.